The van der Waals surface area contributed by atoms with E-state index in [1.807, 2.05) is 18.3 Å². The molecule has 3 aromatic rings. The predicted octanol–water partition coefficient (Wildman–Crippen LogP) is 2.27. The molecule has 1 aliphatic heterocycles. The Morgan fingerprint density at radius 2 is 2.28 bits per heavy atom. The van der Waals surface area contributed by atoms with Gasteiger partial charge in [0.25, 0.3) is 5.91 Å². The van der Waals surface area contributed by atoms with Gasteiger partial charge in [-0.1, -0.05) is 11.3 Å². The van der Waals surface area contributed by atoms with E-state index in [2.05, 4.69) is 14.9 Å². The summed E-state index contributed by atoms with van der Waals surface area (Å²) < 4.78 is 10.6. The number of morpholine rings is 1. The number of nitrogens with zero attached hydrogens (tertiary/aromatic N) is 2. The number of methoxy groups -OCH3 is 1. The molecular formula is C20H22N4O4S. The minimum absolute atomic E-state index is 0.0517. The van der Waals surface area contributed by atoms with Crippen molar-refractivity contribution in [3.8, 4) is 0 Å². The molecule has 29 heavy (non-hydrogen) atoms. The molecule has 1 aromatic carbocycles. The number of nitrogens with one attached hydrogen (secondary N) is 1. The van der Waals surface area contributed by atoms with Crippen molar-refractivity contribution in [2.24, 2.45) is 5.73 Å². The Morgan fingerprint density at radius 1 is 1.45 bits per heavy atom. The number of primary amides is 1. The van der Waals surface area contributed by atoms with Crippen molar-refractivity contribution in [2.75, 3.05) is 31.8 Å². The molecule has 1 fully saturated rings. The molecule has 152 valence electrons. The average molecular weight is 414 g/mol. The van der Waals surface area contributed by atoms with Crippen LogP contribution in [0.5, 0.6) is 0 Å². The van der Waals surface area contributed by atoms with Gasteiger partial charge in [0, 0.05) is 23.6 Å². The molecular weight excluding hydrogens is 392 g/mol. The summed E-state index contributed by atoms with van der Waals surface area (Å²) >= 11 is 1.32. The summed E-state index contributed by atoms with van der Waals surface area (Å²) in [5.74, 6) is -0.818. The van der Waals surface area contributed by atoms with Gasteiger partial charge in [0.2, 0.25) is 0 Å². The number of aryl methyl sites for hydroxylation is 1. The number of carbonyl (C=O) groups is 2. The maximum atomic E-state index is 11.9. The highest BCUT2D eigenvalue weighted by molar-refractivity contribution is 7.17. The molecule has 0 saturated carbocycles. The van der Waals surface area contributed by atoms with Crippen LogP contribution in [0, 0.1) is 6.92 Å². The van der Waals surface area contributed by atoms with Crippen molar-refractivity contribution in [2.45, 2.75) is 19.4 Å². The van der Waals surface area contributed by atoms with Gasteiger partial charge in [0.1, 0.15) is 4.88 Å². The maximum Gasteiger partial charge on any atom is 0.337 e. The van der Waals surface area contributed by atoms with Gasteiger partial charge in [-0.2, -0.15) is 0 Å². The highest BCUT2D eigenvalue weighted by atomic mass is 32.1. The second-order valence-electron chi connectivity index (χ2n) is 6.97. The van der Waals surface area contributed by atoms with Crippen LogP contribution in [0.15, 0.2) is 24.4 Å². The van der Waals surface area contributed by atoms with Gasteiger partial charge in [0.15, 0.2) is 5.13 Å². The van der Waals surface area contributed by atoms with Crippen LogP contribution < -0.4 is 10.6 Å². The van der Waals surface area contributed by atoms with Gasteiger partial charge in [-0.25, -0.2) is 9.78 Å². The van der Waals surface area contributed by atoms with Crippen LogP contribution in [0.25, 0.3) is 10.9 Å². The minimum Gasteiger partial charge on any atom is -0.465 e. The molecule has 4 rings (SSSR count). The highest BCUT2D eigenvalue weighted by Crippen LogP contribution is 2.30. The van der Waals surface area contributed by atoms with Gasteiger partial charge in [-0.05, 0) is 37.1 Å². The molecule has 2 aromatic heterocycles. The van der Waals surface area contributed by atoms with E-state index in [1.54, 1.807) is 13.0 Å². The number of thiazole rings is 1. The van der Waals surface area contributed by atoms with Gasteiger partial charge in [-0.15, -0.1) is 0 Å². The molecule has 1 aliphatic rings. The van der Waals surface area contributed by atoms with Crippen LogP contribution in [0.3, 0.4) is 0 Å². The first-order valence-electron chi connectivity index (χ1n) is 9.28. The fourth-order valence-corrected chi connectivity index (χ4v) is 4.67. The fraction of sp³-hybridized carbons (Fsp3) is 0.350. The summed E-state index contributed by atoms with van der Waals surface area (Å²) in [7, 11) is 1.37. The molecule has 0 spiro atoms. The Kier molecular flexibility index (Phi) is 5.25. The molecule has 1 atom stereocenters. The van der Waals surface area contributed by atoms with Crippen LogP contribution in [0.1, 0.15) is 31.3 Å². The molecule has 0 bridgehead atoms. The second-order valence-corrected chi connectivity index (χ2v) is 7.94. The maximum absolute atomic E-state index is 11.9. The number of hydrogen-bond acceptors (Lipinski definition) is 7. The van der Waals surface area contributed by atoms with E-state index in [9.17, 15) is 9.59 Å². The molecule has 0 aliphatic carbocycles. The Balaban J connectivity index is 1.64. The molecule has 0 unspecified atom stereocenters. The lowest BCUT2D eigenvalue weighted by atomic mass is 10.0. The average Bonchev–Trinajstić information content (AvgIpc) is 3.31. The summed E-state index contributed by atoms with van der Waals surface area (Å²) in [6, 6.07) is 5.52. The predicted molar refractivity (Wildman–Crippen MR) is 111 cm³/mol. The summed E-state index contributed by atoms with van der Waals surface area (Å²) in [6.45, 7) is 3.63. The molecule has 8 nitrogen and oxygen atoms in total. The summed E-state index contributed by atoms with van der Waals surface area (Å²) in [5, 5.41) is 1.76. The van der Waals surface area contributed by atoms with Crippen LogP contribution in [0.2, 0.25) is 0 Å². The molecule has 3 N–H and O–H groups in total. The first-order chi connectivity index (χ1) is 14.0. The Hall–Kier alpha value is -2.91. The normalized spacial score (nSPS) is 16.9. The molecule has 9 heteroatoms. The molecule has 1 amide bonds. The third-order valence-electron chi connectivity index (χ3n) is 5.13. The SMILES string of the molecule is COC(=O)c1ccc2[nH]cc(C[C@H]3COCCN3c3nc(C)c(C(N)=O)s3)c2c1. The highest BCUT2D eigenvalue weighted by Gasteiger charge is 2.28. The summed E-state index contributed by atoms with van der Waals surface area (Å²) in [6.07, 6.45) is 2.66. The topological polar surface area (TPSA) is 111 Å². The number of rotatable bonds is 5. The lowest BCUT2D eigenvalue weighted by Crippen LogP contribution is -2.46. The van der Waals surface area contributed by atoms with E-state index >= 15 is 0 Å². The number of aromatic nitrogens is 2. The third kappa shape index (κ3) is 3.70. The van der Waals surface area contributed by atoms with E-state index in [4.69, 9.17) is 15.2 Å². The van der Waals surface area contributed by atoms with Crippen molar-refractivity contribution < 1.29 is 19.1 Å². The van der Waals surface area contributed by atoms with Crippen LogP contribution in [0.4, 0.5) is 5.13 Å². The van der Waals surface area contributed by atoms with E-state index in [1.165, 1.54) is 18.4 Å². The van der Waals surface area contributed by atoms with Crippen molar-refractivity contribution >= 4 is 39.2 Å². The minimum atomic E-state index is -0.456. The molecule has 1 saturated heterocycles. The van der Waals surface area contributed by atoms with Crippen molar-refractivity contribution in [1.29, 1.82) is 0 Å². The van der Waals surface area contributed by atoms with Crippen LogP contribution in [-0.2, 0) is 15.9 Å². The Labute approximate surface area is 171 Å². The summed E-state index contributed by atoms with van der Waals surface area (Å²) in [5.41, 5.74) is 8.66. The first-order valence-corrected chi connectivity index (χ1v) is 10.1. The molecule has 0 radical (unpaired) electrons. The standard InChI is InChI=1S/C20H22N4O4S/c1-11-17(18(21)25)29-20(23-11)24-5-6-28-10-14(24)7-13-9-22-16-4-3-12(8-15(13)16)19(26)27-2/h3-4,8-9,14,22H,5-7,10H2,1-2H3,(H2,21,25)/t14-/m0/s1. The van der Waals surface area contributed by atoms with E-state index < -0.39 is 5.91 Å². The van der Waals surface area contributed by atoms with Gasteiger partial charge < -0.3 is 25.1 Å². The number of benzene rings is 1. The number of aromatic amines is 1. The van der Waals surface area contributed by atoms with E-state index in [0.717, 1.165) is 21.6 Å². The number of fused-ring (bicyclic) bond motifs is 1. The number of amides is 1. The Bertz CT molecular complexity index is 1070. The lowest BCUT2D eigenvalue weighted by molar-refractivity contribution is 0.0600. The van der Waals surface area contributed by atoms with Crippen LogP contribution >= 0.6 is 11.3 Å². The van der Waals surface area contributed by atoms with Crippen molar-refractivity contribution in [1.82, 2.24) is 9.97 Å². The first kappa shape index (κ1) is 19.4. The zero-order valence-electron chi connectivity index (χ0n) is 16.2. The number of nitrogens with two attached hydrogens (primary N) is 1. The molecule has 3 heterocycles. The van der Waals surface area contributed by atoms with Gasteiger partial charge >= 0.3 is 5.97 Å². The Morgan fingerprint density at radius 3 is 3.00 bits per heavy atom. The second kappa shape index (κ2) is 7.84. The monoisotopic (exact) mass is 414 g/mol. The van der Waals surface area contributed by atoms with Crippen molar-refractivity contribution in [3.05, 3.63) is 46.1 Å². The van der Waals surface area contributed by atoms with E-state index in [0.29, 0.717) is 42.3 Å². The fourth-order valence-electron chi connectivity index (χ4n) is 3.66. The lowest BCUT2D eigenvalue weighted by Gasteiger charge is -2.35. The number of hydrogen-bond donors (Lipinski definition) is 2. The van der Waals surface area contributed by atoms with Gasteiger partial charge in [-0.3, -0.25) is 4.79 Å². The summed E-state index contributed by atoms with van der Waals surface area (Å²) in [4.78, 5) is 34.0. The van der Waals surface area contributed by atoms with Crippen molar-refractivity contribution in [3.63, 3.8) is 0 Å². The number of H-pyrrole nitrogens is 1. The smallest absolute Gasteiger partial charge is 0.337 e. The number of ether oxygens (including phenoxy) is 2. The third-order valence-corrected chi connectivity index (χ3v) is 6.34. The zero-order valence-corrected chi connectivity index (χ0v) is 17.0. The largest absolute Gasteiger partial charge is 0.465 e. The number of anilines is 1. The quantitative estimate of drug-likeness (QED) is 0.620. The van der Waals surface area contributed by atoms with E-state index in [-0.39, 0.29) is 12.0 Å². The van der Waals surface area contributed by atoms with Crippen LogP contribution in [-0.4, -0.2) is 54.8 Å². The number of esters is 1. The van der Waals surface area contributed by atoms with Gasteiger partial charge in [0.05, 0.1) is 37.6 Å². The number of carbonyl (C=O) groups excluding carboxylic acids is 2. The zero-order chi connectivity index (χ0) is 20.5.